The number of hydrogen-bond acceptors (Lipinski definition) is 2. The van der Waals surface area contributed by atoms with Crippen molar-refractivity contribution in [1.82, 2.24) is 5.32 Å². The van der Waals surface area contributed by atoms with E-state index >= 15 is 0 Å². The fourth-order valence-electron chi connectivity index (χ4n) is 2.88. The first-order valence-electron chi connectivity index (χ1n) is 7.28. The van der Waals surface area contributed by atoms with Gasteiger partial charge in [0.2, 0.25) is 0 Å². The van der Waals surface area contributed by atoms with Crippen molar-refractivity contribution in [3.63, 3.8) is 0 Å². The number of rotatable bonds is 2. The van der Waals surface area contributed by atoms with Gasteiger partial charge in [0, 0.05) is 13.1 Å². The minimum Gasteiger partial charge on any atom is -0.368 e. The molecule has 0 bridgehead atoms. The second kappa shape index (κ2) is 5.64. The topological polar surface area (TPSA) is 21.3 Å². The molecule has 0 aliphatic carbocycles. The van der Waals surface area contributed by atoms with Crippen LogP contribution in [0.15, 0.2) is 18.2 Å². The van der Waals surface area contributed by atoms with Gasteiger partial charge in [-0.3, -0.25) is 0 Å². The minimum atomic E-state index is 0.196. The molecule has 0 radical (unpaired) electrons. The molecule has 19 heavy (non-hydrogen) atoms. The zero-order valence-electron chi connectivity index (χ0n) is 12.9. The maximum atomic E-state index is 6.31. The van der Waals surface area contributed by atoms with Crippen LogP contribution in [-0.2, 0) is 4.74 Å². The van der Waals surface area contributed by atoms with Gasteiger partial charge >= 0.3 is 0 Å². The Morgan fingerprint density at radius 1 is 1.21 bits per heavy atom. The second-order valence-corrected chi connectivity index (χ2v) is 7.03. The lowest BCUT2D eigenvalue weighted by molar-refractivity contribution is -0.0554. The summed E-state index contributed by atoms with van der Waals surface area (Å²) in [5.41, 5.74) is 4.30. The second-order valence-electron chi connectivity index (χ2n) is 7.03. The van der Waals surface area contributed by atoms with E-state index in [0.29, 0.717) is 11.5 Å². The Kier molecular flexibility index (Phi) is 4.32. The molecule has 0 amide bonds. The Balaban J connectivity index is 2.08. The molecule has 2 heteroatoms. The third-order valence-corrected chi connectivity index (χ3v) is 3.67. The van der Waals surface area contributed by atoms with Gasteiger partial charge in [0.15, 0.2) is 0 Å². The first-order chi connectivity index (χ1) is 8.85. The molecule has 1 fully saturated rings. The first-order valence-corrected chi connectivity index (χ1v) is 7.28. The van der Waals surface area contributed by atoms with Crippen LogP contribution in [0.5, 0.6) is 0 Å². The minimum absolute atomic E-state index is 0.196. The predicted molar refractivity (Wildman–Crippen MR) is 80.5 cm³/mol. The molecule has 0 saturated carbocycles. The molecular formula is C17H27NO. The molecule has 2 unspecified atom stereocenters. The number of hydrogen-bond donors (Lipinski definition) is 1. The number of nitrogens with one attached hydrogen (secondary N) is 1. The highest BCUT2D eigenvalue weighted by Crippen LogP contribution is 2.30. The average molecular weight is 261 g/mol. The third-order valence-electron chi connectivity index (χ3n) is 3.67. The monoisotopic (exact) mass is 261 g/mol. The number of ether oxygens (including phenoxy) is 1. The van der Waals surface area contributed by atoms with Crippen molar-refractivity contribution in [2.24, 2.45) is 5.41 Å². The summed E-state index contributed by atoms with van der Waals surface area (Å²) >= 11 is 0. The smallest absolute Gasteiger partial charge is 0.0956 e. The van der Waals surface area contributed by atoms with Crippen molar-refractivity contribution in [3.05, 3.63) is 34.9 Å². The largest absolute Gasteiger partial charge is 0.368 e. The SMILES string of the molecule is Cc1ccc(C2CNCC(CC(C)(C)C)O2)c(C)c1. The molecule has 2 rings (SSSR count). The van der Waals surface area contributed by atoms with E-state index in [1.54, 1.807) is 0 Å². The van der Waals surface area contributed by atoms with E-state index in [1.165, 1.54) is 16.7 Å². The normalized spacial score (nSPS) is 24.5. The van der Waals surface area contributed by atoms with E-state index in [-0.39, 0.29) is 6.10 Å². The summed E-state index contributed by atoms with van der Waals surface area (Å²) in [5, 5.41) is 3.52. The maximum Gasteiger partial charge on any atom is 0.0956 e. The van der Waals surface area contributed by atoms with Gasteiger partial charge in [-0.2, -0.15) is 0 Å². The van der Waals surface area contributed by atoms with Gasteiger partial charge in [0.05, 0.1) is 12.2 Å². The molecule has 2 nitrogen and oxygen atoms in total. The van der Waals surface area contributed by atoms with Crippen LogP contribution in [0, 0.1) is 19.3 Å². The zero-order valence-corrected chi connectivity index (χ0v) is 12.9. The maximum absolute atomic E-state index is 6.31. The molecule has 0 spiro atoms. The molecule has 1 aromatic carbocycles. The van der Waals surface area contributed by atoms with Gasteiger partial charge in [0.25, 0.3) is 0 Å². The van der Waals surface area contributed by atoms with Crippen LogP contribution in [0.25, 0.3) is 0 Å². The van der Waals surface area contributed by atoms with Crippen molar-refractivity contribution in [1.29, 1.82) is 0 Å². The highest BCUT2D eigenvalue weighted by Gasteiger charge is 2.27. The summed E-state index contributed by atoms with van der Waals surface area (Å²) in [6, 6.07) is 6.64. The van der Waals surface area contributed by atoms with Gasteiger partial charge < -0.3 is 10.1 Å². The summed E-state index contributed by atoms with van der Waals surface area (Å²) in [7, 11) is 0. The standard InChI is InChI=1S/C17H27NO/c1-12-6-7-15(13(2)8-12)16-11-18-10-14(19-16)9-17(3,4)5/h6-8,14,16,18H,9-11H2,1-5H3. The van der Waals surface area contributed by atoms with Gasteiger partial charge in [-0.15, -0.1) is 0 Å². The van der Waals surface area contributed by atoms with Crippen LogP contribution >= 0.6 is 0 Å². The summed E-state index contributed by atoms with van der Waals surface area (Å²) in [6.07, 6.45) is 1.61. The Morgan fingerprint density at radius 2 is 1.95 bits per heavy atom. The van der Waals surface area contributed by atoms with E-state index in [1.807, 2.05) is 0 Å². The molecule has 2 atom stereocenters. The lowest BCUT2D eigenvalue weighted by atomic mass is 9.88. The zero-order chi connectivity index (χ0) is 14.0. The van der Waals surface area contributed by atoms with Crippen LogP contribution in [0.1, 0.15) is 50.0 Å². The van der Waals surface area contributed by atoms with Crippen LogP contribution < -0.4 is 5.32 Å². The fraction of sp³-hybridized carbons (Fsp3) is 0.647. The highest BCUT2D eigenvalue weighted by molar-refractivity contribution is 5.32. The van der Waals surface area contributed by atoms with Crippen molar-refractivity contribution in [2.45, 2.75) is 53.2 Å². The molecule has 106 valence electrons. The molecule has 0 aromatic heterocycles. The Hall–Kier alpha value is -0.860. The fourth-order valence-corrected chi connectivity index (χ4v) is 2.88. The van der Waals surface area contributed by atoms with Crippen molar-refractivity contribution in [2.75, 3.05) is 13.1 Å². The summed E-state index contributed by atoms with van der Waals surface area (Å²) in [4.78, 5) is 0. The highest BCUT2D eigenvalue weighted by atomic mass is 16.5. The Bertz CT molecular complexity index is 433. The lowest BCUT2D eigenvalue weighted by Crippen LogP contribution is -2.42. The summed E-state index contributed by atoms with van der Waals surface area (Å²) in [6.45, 7) is 13.0. The van der Waals surface area contributed by atoms with Crippen molar-refractivity contribution in [3.8, 4) is 0 Å². The van der Waals surface area contributed by atoms with Gasteiger partial charge in [-0.05, 0) is 36.8 Å². The van der Waals surface area contributed by atoms with E-state index < -0.39 is 0 Å². The quantitative estimate of drug-likeness (QED) is 0.875. The molecule has 1 saturated heterocycles. The Labute approximate surface area is 117 Å². The predicted octanol–water partition coefficient (Wildman–Crippen LogP) is 3.77. The van der Waals surface area contributed by atoms with Gasteiger partial charge in [0.1, 0.15) is 0 Å². The van der Waals surface area contributed by atoms with Crippen LogP contribution in [0.4, 0.5) is 0 Å². The molecule has 1 heterocycles. The number of aryl methyl sites for hydroxylation is 2. The van der Waals surface area contributed by atoms with Crippen LogP contribution in [0.3, 0.4) is 0 Å². The van der Waals surface area contributed by atoms with E-state index in [2.05, 4.69) is 58.1 Å². The van der Waals surface area contributed by atoms with Crippen LogP contribution in [-0.4, -0.2) is 19.2 Å². The summed E-state index contributed by atoms with van der Waals surface area (Å²) < 4.78 is 6.31. The number of morpholine rings is 1. The van der Waals surface area contributed by atoms with Gasteiger partial charge in [-0.25, -0.2) is 0 Å². The van der Waals surface area contributed by atoms with E-state index in [0.717, 1.165) is 19.5 Å². The van der Waals surface area contributed by atoms with E-state index in [9.17, 15) is 0 Å². The molecule has 1 aromatic rings. The van der Waals surface area contributed by atoms with Crippen LogP contribution in [0.2, 0.25) is 0 Å². The molecule has 1 N–H and O–H groups in total. The first kappa shape index (κ1) is 14.5. The third kappa shape index (κ3) is 4.05. The molecule has 1 aliphatic heterocycles. The Morgan fingerprint density at radius 3 is 2.58 bits per heavy atom. The average Bonchev–Trinajstić information content (AvgIpc) is 2.26. The van der Waals surface area contributed by atoms with Crippen molar-refractivity contribution >= 4 is 0 Å². The van der Waals surface area contributed by atoms with Gasteiger partial charge in [-0.1, -0.05) is 44.5 Å². The molecule has 1 aliphatic rings. The number of benzene rings is 1. The lowest BCUT2D eigenvalue weighted by Gasteiger charge is -2.35. The summed E-state index contributed by atoms with van der Waals surface area (Å²) in [5.74, 6) is 0. The van der Waals surface area contributed by atoms with Crippen molar-refractivity contribution < 1.29 is 4.74 Å². The van der Waals surface area contributed by atoms with E-state index in [4.69, 9.17) is 4.74 Å². The molecular weight excluding hydrogens is 234 g/mol.